The summed E-state index contributed by atoms with van der Waals surface area (Å²) in [5.74, 6) is 0. The van der Waals surface area contributed by atoms with Gasteiger partial charge < -0.3 is 16.0 Å². The van der Waals surface area contributed by atoms with Gasteiger partial charge in [0.15, 0.2) is 5.11 Å². The second-order valence-electron chi connectivity index (χ2n) is 6.55. The van der Waals surface area contributed by atoms with Crippen molar-refractivity contribution in [2.75, 3.05) is 19.4 Å². The molecule has 2 unspecified atom stereocenters. The van der Waals surface area contributed by atoms with Crippen LogP contribution in [-0.4, -0.2) is 50.1 Å². The first-order valence-electron chi connectivity index (χ1n) is 8.04. The molecule has 1 aliphatic rings. The molecule has 0 bridgehead atoms. The van der Waals surface area contributed by atoms with Crippen molar-refractivity contribution in [3.05, 3.63) is 24.3 Å². The molecule has 6 nitrogen and oxygen atoms in total. The fourth-order valence-corrected chi connectivity index (χ4v) is 4.22. The quantitative estimate of drug-likeness (QED) is 0.702. The van der Waals surface area contributed by atoms with E-state index in [0.29, 0.717) is 28.9 Å². The van der Waals surface area contributed by atoms with Crippen LogP contribution in [-0.2, 0) is 10.0 Å². The van der Waals surface area contributed by atoms with Gasteiger partial charge in [-0.2, -0.15) is 0 Å². The molecule has 0 radical (unpaired) electrons. The van der Waals surface area contributed by atoms with Crippen molar-refractivity contribution in [1.82, 2.24) is 14.9 Å². The van der Waals surface area contributed by atoms with E-state index in [4.69, 9.17) is 12.2 Å². The van der Waals surface area contributed by atoms with Crippen molar-refractivity contribution >= 4 is 33.0 Å². The zero-order chi connectivity index (χ0) is 17.9. The van der Waals surface area contributed by atoms with Gasteiger partial charge in [-0.05, 0) is 57.1 Å². The standard InChI is InChI=1S/C16H26N4O2S2/c1-11-8-14(9-12(2)17-11)19-16(23)18-13-6-5-7-15(10-13)24(21,22)20(3)4/h5-7,10-12,14,17H,8-9H2,1-4H3,(H2,18,19,23). The lowest BCUT2D eigenvalue weighted by Crippen LogP contribution is -2.51. The summed E-state index contributed by atoms with van der Waals surface area (Å²) >= 11 is 5.38. The molecular weight excluding hydrogens is 344 g/mol. The van der Waals surface area contributed by atoms with Gasteiger partial charge >= 0.3 is 0 Å². The summed E-state index contributed by atoms with van der Waals surface area (Å²) in [5, 5.41) is 10.4. The molecule has 24 heavy (non-hydrogen) atoms. The van der Waals surface area contributed by atoms with Crippen LogP contribution in [0.3, 0.4) is 0 Å². The second kappa shape index (κ2) is 7.77. The number of hydrogen-bond donors (Lipinski definition) is 3. The van der Waals surface area contributed by atoms with Crippen LogP contribution in [0, 0.1) is 0 Å². The van der Waals surface area contributed by atoms with Crippen molar-refractivity contribution in [2.24, 2.45) is 0 Å². The Morgan fingerprint density at radius 2 is 1.88 bits per heavy atom. The van der Waals surface area contributed by atoms with Crippen LogP contribution in [0.1, 0.15) is 26.7 Å². The summed E-state index contributed by atoms with van der Waals surface area (Å²) in [6.07, 6.45) is 2.00. The number of anilines is 1. The number of benzene rings is 1. The average Bonchev–Trinajstić information content (AvgIpc) is 2.45. The lowest BCUT2D eigenvalue weighted by atomic mass is 9.95. The topological polar surface area (TPSA) is 73.5 Å². The number of thiocarbonyl (C=S) groups is 1. The molecule has 134 valence electrons. The monoisotopic (exact) mass is 370 g/mol. The van der Waals surface area contributed by atoms with E-state index in [0.717, 1.165) is 12.8 Å². The van der Waals surface area contributed by atoms with Crippen LogP contribution in [0.15, 0.2) is 29.2 Å². The van der Waals surface area contributed by atoms with Crippen molar-refractivity contribution in [3.8, 4) is 0 Å². The molecule has 1 heterocycles. The Labute approximate surface area is 150 Å². The molecule has 2 rings (SSSR count). The van der Waals surface area contributed by atoms with Gasteiger partial charge in [0.2, 0.25) is 10.0 Å². The first-order valence-corrected chi connectivity index (χ1v) is 9.89. The highest BCUT2D eigenvalue weighted by Crippen LogP contribution is 2.18. The maximum Gasteiger partial charge on any atom is 0.242 e. The maximum absolute atomic E-state index is 12.2. The largest absolute Gasteiger partial charge is 0.360 e. The van der Waals surface area contributed by atoms with Crippen molar-refractivity contribution in [3.63, 3.8) is 0 Å². The number of hydrogen-bond acceptors (Lipinski definition) is 4. The van der Waals surface area contributed by atoms with Crippen molar-refractivity contribution in [1.29, 1.82) is 0 Å². The number of nitrogens with zero attached hydrogens (tertiary/aromatic N) is 1. The smallest absolute Gasteiger partial charge is 0.242 e. The van der Waals surface area contributed by atoms with Crippen molar-refractivity contribution < 1.29 is 8.42 Å². The summed E-state index contributed by atoms with van der Waals surface area (Å²) < 4.78 is 25.6. The average molecular weight is 371 g/mol. The predicted octanol–water partition coefficient (Wildman–Crippen LogP) is 1.75. The van der Waals surface area contributed by atoms with E-state index in [9.17, 15) is 8.42 Å². The van der Waals surface area contributed by atoms with Crippen LogP contribution in [0.25, 0.3) is 0 Å². The lowest BCUT2D eigenvalue weighted by Gasteiger charge is -2.34. The summed E-state index contributed by atoms with van der Waals surface area (Å²) in [7, 11) is -0.426. The molecule has 8 heteroatoms. The fraction of sp³-hybridized carbons (Fsp3) is 0.562. The number of piperidine rings is 1. The zero-order valence-electron chi connectivity index (χ0n) is 14.5. The van der Waals surface area contributed by atoms with Crippen LogP contribution in [0.2, 0.25) is 0 Å². The molecule has 2 atom stereocenters. The third kappa shape index (κ3) is 4.89. The molecule has 0 aliphatic carbocycles. The molecule has 0 aromatic heterocycles. The van der Waals surface area contributed by atoms with Gasteiger partial charge in [0.1, 0.15) is 0 Å². The zero-order valence-corrected chi connectivity index (χ0v) is 16.2. The minimum Gasteiger partial charge on any atom is -0.360 e. The van der Waals surface area contributed by atoms with Crippen LogP contribution >= 0.6 is 12.2 Å². The third-order valence-electron chi connectivity index (χ3n) is 4.05. The van der Waals surface area contributed by atoms with Gasteiger partial charge in [-0.25, -0.2) is 12.7 Å². The molecule has 0 saturated carbocycles. The molecule has 3 N–H and O–H groups in total. The van der Waals surface area contributed by atoms with Gasteiger partial charge in [-0.15, -0.1) is 0 Å². The first kappa shape index (κ1) is 19.1. The van der Waals surface area contributed by atoms with Gasteiger partial charge in [0.25, 0.3) is 0 Å². The SMILES string of the molecule is CC1CC(NC(=S)Nc2cccc(S(=O)(=O)N(C)C)c2)CC(C)N1. The Bertz CT molecular complexity index is 681. The minimum atomic E-state index is -3.46. The van der Waals surface area contributed by atoms with Crippen LogP contribution in [0.4, 0.5) is 5.69 Å². The highest BCUT2D eigenvalue weighted by Gasteiger charge is 2.23. The Hall–Kier alpha value is -1.22. The Morgan fingerprint density at radius 3 is 2.46 bits per heavy atom. The molecule has 1 fully saturated rings. The third-order valence-corrected chi connectivity index (χ3v) is 6.08. The van der Waals surface area contributed by atoms with E-state index in [1.165, 1.54) is 18.4 Å². The van der Waals surface area contributed by atoms with Gasteiger partial charge in [-0.3, -0.25) is 0 Å². The normalized spacial score (nSPS) is 24.6. The van der Waals surface area contributed by atoms with Crippen LogP contribution < -0.4 is 16.0 Å². The summed E-state index contributed by atoms with van der Waals surface area (Å²) in [6, 6.07) is 7.88. The predicted molar refractivity (Wildman–Crippen MR) is 102 cm³/mol. The van der Waals surface area contributed by atoms with Gasteiger partial charge in [0.05, 0.1) is 4.90 Å². The summed E-state index contributed by atoms with van der Waals surface area (Å²) in [4.78, 5) is 0.240. The highest BCUT2D eigenvalue weighted by atomic mass is 32.2. The number of nitrogens with one attached hydrogen (secondary N) is 3. The molecule has 1 aliphatic heterocycles. The number of rotatable bonds is 4. The molecule has 1 aromatic carbocycles. The van der Waals surface area contributed by atoms with Gasteiger partial charge in [-0.1, -0.05) is 6.07 Å². The van der Waals surface area contributed by atoms with E-state index >= 15 is 0 Å². The molecule has 1 aromatic rings. The van der Waals surface area contributed by atoms with E-state index in [-0.39, 0.29) is 4.90 Å². The highest BCUT2D eigenvalue weighted by molar-refractivity contribution is 7.89. The summed E-state index contributed by atoms with van der Waals surface area (Å²) in [5.41, 5.74) is 0.658. The molecule has 0 amide bonds. The summed E-state index contributed by atoms with van der Waals surface area (Å²) in [6.45, 7) is 4.33. The Balaban J connectivity index is 2.02. The number of sulfonamides is 1. The molecular formula is C16H26N4O2S2. The Kier molecular flexibility index (Phi) is 6.19. The fourth-order valence-electron chi connectivity index (χ4n) is 2.99. The van der Waals surface area contributed by atoms with Gasteiger partial charge in [0, 0.05) is 37.9 Å². The molecule has 1 saturated heterocycles. The lowest BCUT2D eigenvalue weighted by molar-refractivity contribution is 0.303. The molecule has 0 spiro atoms. The minimum absolute atomic E-state index is 0.240. The second-order valence-corrected chi connectivity index (χ2v) is 9.11. The maximum atomic E-state index is 12.2. The van der Waals surface area contributed by atoms with E-state index in [2.05, 4.69) is 29.8 Å². The van der Waals surface area contributed by atoms with E-state index in [1.54, 1.807) is 24.3 Å². The van der Waals surface area contributed by atoms with Crippen LogP contribution in [0.5, 0.6) is 0 Å². The van der Waals surface area contributed by atoms with Crippen molar-refractivity contribution in [2.45, 2.75) is 49.7 Å². The first-order chi connectivity index (χ1) is 11.2. The Morgan fingerprint density at radius 1 is 1.25 bits per heavy atom. The van der Waals surface area contributed by atoms with E-state index in [1.807, 2.05) is 0 Å². The van der Waals surface area contributed by atoms with E-state index < -0.39 is 10.0 Å².